The molecule has 3 nitrogen and oxygen atoms in total. The second kappa shape index (κ2) is 4.62. The van der Waals surface area contributed by atoms with E-state index in [-0.39, 0.29) is 5.41 Å². The van der Waals surface area contributed by atoms with Crippen molar-refractivity contribution in [2.75, 3.05) is 0 Å². The van der Waals surface area contributed by atoms with Crippen LogP contribution >= 0.6 is 0 Å². The lowest BCUT2D eigenvalue weighted by atomic mass is 9.66. The van der Waals surface area contributed by atoms with Crippen LogP contribution in [0.3, 0.4) is 0 Å². The molecule has 0 amide bonds. The van der Waals surface area contributed by atoms with E-state index in [4.69, 9.17) is 9.84 Å². The number of hydrogen-bond acceptors (Lipinski definition) is 3. The average molecular weight is 266 g/mol. The van der Waals surface area contributed by atoms with E-state index in [0.717, 1.165) is 5.92 Å². The monoisotopic (exact) mass is 266 g/mol. The molecule has 0 saturated heterocycles. The van der Waals surface area contributed by atoms with Crippen molar-refractivity contribution in [2.45, 2.75) is 60.2 Å². The third-order valence-corrected chi connectivity index (χ3v) is 5.91. The van der Waals surface area contributed by atoms with Crippen molar-refractivity contribution < 1.29 is 14.6 Å². The molecule has 0 aromatic carbocycles. The quantitative estimate of drug-likeness (QED) is 0.484. The zero-order valence-corrected chi connectivity index (χ0v) is 12.7. The Labute approximate surface area is 116 Å². The average Bonchev–Trinajstić information content (AvgIpc) is 2.61. The molecule has 0 spiro atoms. The minimum absolute atomic E-state index is 0.282. The highest BCUT2D eigenvalue weighted by atomic mass is 16.6. The topological polar surface area (TPSA) is 46.5 Å². The minimum atomic E-state index is -1.04. The Morgan fingerprint density at radius 3 is 2.47 bits per heavy atom. The third-order valence-electron chi connectivity index (χ3n) is 5.91. The zero-order valence-electron chi connectivity index (χ0n) is 12.7. The molecule has 0 aromatic rings. The van der Waals surface area contributed by atoms with Crippen LogP contribution in [0.15, 0.2) is 11.6 Å². The second-order valence-corrected chi connectivity index (χ2v) is 7.07. The summed E-state index contributed by atoms with van der Waals surface area (Å²) >= 11 is 0. The molecule has 0 aliphatic heterocycles. The van der Waals surface area contributed by atoms with Crippen molar-refractivity contribution >= 4 is 5.97 Å². The number of aliphatic hydroxyl groups excluding tert-OH is 1. The normalized spacial score (nSPS) is 38.3. The van der Waals surface area contributed by atoms with Gasteiger partial charge in [0.1, 0.15) is 0 Å². The maximum absolute atomic E-state index is 11.8. The van der Waals surface area contributed by atoms with E-state index in [1.165, 1.54) is 26.2 Å². The van der Waals surface area contributed by atoms with Gasteiger partial charge in [-0.2, -0.15) is 0 Å². The van der Waals surface area contributed by atoms with E-state index < -0.39 is 12.3 Å². The van der Waals surface area contributed by atoms with Crippen molar-refractivity contribution in [3.05, 3.63) is 11.6 Å². The van der Waals surface area contributed by atoms with Crippen LogP contribution in [0.25, 0.3) is 0 Å². The molecule has 2 aliphatic rings. The summed E-state index contributed by atoms with van der Waals surface area (Å²) in [7, 11) is 0. The van der Waals surface area contributed by atoms with Crippen molar-refractivity contribution in [3.63, 3.8) is 0 Å². The summed E-state index contributed by atoms with van der Waals surface area (Å²) in [4.78, 5) is 11.8. The standard InChI is InChI=1S/C16H26O3/c1-10(14(18)19-11(2)17)8-13-9-12-6-7-16(13,5)15(12,3)4/h8,11-13,17H,6-7,9H2,1-5H3/b10-8+. The molecule has 19 heavy (non-hydrogen) atoms. The predicted octanol–water partition coefficient (Wildman–Crippen LogP) is 3.28. The van der Waals surface area contributed by atoms with E-state index in [0.29, 0.717) is 16.9 Å². The summed E-state index contributed by atoms with van der Waals surface area (Å²) in [6.07, 6.45) is 4.76. The van der Waals surface area contributed by atoms with E-state index in [9.17, 15) is 4.79 Å². The van der Waals surface area contributed by atoms with Gasteiger partial charge in [-0.3, -0.25) is 0 Å². The molecule has 2 rings (SSSR count). The SMILES string of the molecule is C/C(=C\C1CC2CCC1(C)C2(C)C)C(=O)OC(C)O. The highest BCUT2D eigenvalue weighted by Crippen LogP contribution is 2.68. The van der Waals surface area contributed by atoms with Crippen LogP contribution < -0.4 is 0 Å². The number of fused-ring (bicyclic) bond motifs is 2. The lowest BCUT2D eigenvalue weighted by molar-refractivity contribution is -0.159. The molecule has 2 saturated carbocycles. The Balaban J connectivity index is 2.15. The number of aliphatic hydroxyl groups is 1. The zero-order chi connectivity index (χ0) is 14.4. The van der Waals surface area contributed by atoms with E-state index in [1.807, 2.05) is 0 Å². The Bertz CT molecular complexity index is 408. The molecule has 0 radical (unpaired) electrons. The fourth-order valence-electron chi connectivity index (χ4n) is 4.14. The molecule has 4 unspecified atom stereocenters. The first-order chi connectivity index (χ1) is 8.68. The highest BCUT2D eigenvalue weighted by Gasteiger charge is 2.60. The molecule has 108 valence electrons. The lowest BCUT2D eigenvalue weighted by Crippen LogP contribution is -2.31. The Morgan fingerprint density at radius 1 is 1.42 bits per heavy atom. The predicted molar refractivity (Wildman–Crippen MR) is 74.2 cm³/mol. The summed E-state index contributed by atoms with van der Waals surface area (Å²) in [6, 6.07) is 0. The van der Waals surface area contributed by atoms with Gasteiger partial charge in [-0.1, -0.05) is 26.8 Å². The number of hydrogen-bond donors (Lipinski definition) is 1. The number of ether oxygens (including phenoxy) is 1. The second-order valence-electron chi connectivity index (χ2n) is 7.07. The number of carbonyl (C=O) groups excluding carboxylic acids is 1. The lowest BCUT2D eigenvalue weighted by Gasteiger charge is -2.38. The molecule has 0 heterocycles. The van der Waals surface area contributed by atoms with Crippen LogP contribution in [0.2, 0.25) is 0 Å². The van der Waals surface area contributed by atoms with Crippen molar-refractivity contribution in [1.29, 1.82) is 0 Å². The molecule has 1 N–H and O–H groups in total. The highest BCUT2D eigenvalue weighted by molar-refractivity contribution is 5.87. The van der Waals surface area contributed by atoms with E-state index in [1.54, 1.807) is 6.92 Å². The first-order valence-electron chi connectivity index (χ1n) is 7.26. The summed E-state index contributed by atoms with van der Waals surface area (Å²) in [5, 5.41) is 9.10. The largest absolute Gasteiger partial charge is 0.433 e. The van der Waals surface area contributed by atoms with Gasteiger partial charge in [0.2, 0.25) is 0 Å². The van der Waals surface area contributed by atoms with Crippen LogP contribution in [0.4, 0.5) is 0 Å². The van der Waals surface area contributed by atoms with E-state index in [2.05, 4.69) is 26.8 Å². The number of allylic oxidation sites excluding steroid dienone is 1. The Kier molecular flexibility index (Phi) is 3.54. The van der Waals surface area contributed by atoms with Crippen molar-refractivity contribution in [2.24, 2.45) is 22.7 Å². The summed E-state index contributed by atoms with van der Waals surface area (Å²) in [5.74, 6) is 0.807. The smallest absolute Gasteiger partial charge is 0.335 e. The van der Waals surface area contributed by atoms with Gasteiger partial charge in [0.15, 0.2) is 6.29 Å². The van der Waals surface area contributed by atoms with Crippen LogP contribution in [-0.4, -0.2) is 17.4 Å². The Morgan fingerprint density at radius 2 is 2.05 bits per heavy atom. The van der Waals surface area contributed by atoms with Gasteiger partial charge < -0.3 is 9.84 Å². The summed E-state index contributed by atoms with van der Waals surface area (Å²) < 4.78 is 4.84. The van der Waals surface area contributed by atoms with E-state index >= 15 is 0 Å². The minimum Gasteiger partial charge on any atom is -0.433 e. The molecule has 0 aromatic heterocycles. The van der Waals surface area contributed by atoms with Gasteiger partial charge >= 0.3 is 5.97 Å². The molecule has 2 aliphatic carbocycles. The molecule has 2 fully saturated rings. The van der Waals surface area contributed by atoms with Crippen LogP contribution in [0, 0.1) is 22.7 Å². The summed E-state index contributed by atoms with van der Waals surface area (Å²) in [6.45, 7) is 10.3. The van der Waals surface area contributed by atoms with Gasteiger partial charge in [-0.15, -0.1) is 0 Å². The van der Waals surface area contributed by atoms with Crippen molar-refractivity contribution in [1.82, 2.24) is 0 Å². The number of rotatable bonds is 3. The number of esters is 1. The van der Waals surface area contributed by atoms with Gasteiger partial charge in [0.25, 0.3) is 0 Å². The molecule has 4 atom stereocenters. The number of carbonyl (C=O) groups is 1. The molecular weight excluding hydrogens is 240 g/mol. The first kappa shape index (κ1) is 14.6. The molecule has 3 heteroatoms. The molecule has 2 bridgehead atoms. The molecular formula is C16H26O3. The first-order valence-corrected chi connectivity index (χ1v) is 7.26. The maximum atomic E-state index is 11.8. The third kappa shape index (κ3) is 2.22. The maximum Gasteiger partial charge on any atom is 0.335 e. The van der Waals surface area contributed by atoms with Gasteiger partial charge in [0, 0.05) is 5.57 Å². The van der Waals surface area contributed by atoms with Crippen LogP contribution in [0.5, 0.6) is 0 Å². The Hall–Kier alpha value is -0.830. The van der Waals surface area contributed by atoms with Gasteiger partial charge in [-0.05, 0) is 55.8 Å². The summed E-state index contributed by atoms with van der Waals surface area (Å²) in [5.41, 5.74) is 1.25. The fraction of sp³-hybridized carbons (Fsp3) is 0.812. The van der Waals surface area contributed by atoms with Crippen molar-refractivity contribution in [3.8, 4) is 0 Å². The van der Waals surface area contributed by atoms with Crippen LogP contribution in [0.1, 0.15) is 53.9 Å². The van der Waals surface area contributed by atoms with Crippen LogP contribution in [-0.2, 0) is 9.53 Å². The van der Waals surface area contributed by atoms with Gasteiger partial charge in [-0.25, -0.2) is 4.79 Å². The van der Waals surface area contributed by atoms with Gasteiger partial charge in [0.05, 0.1) is 0 Å². The fourth-order valence-corrected chi connectivity index (χ4v) is 4.14.